The van der Waals surface area contributed by atoms with Gasteiger partial charge in [-0.1, -0.05) is 33.2 Å². The molecule has 0 fully saturated rings. The Morgan fingerprint density at radius 1 is 1.24 bits per heavy atom. The summed E-state index contributed by atoms with van der Waals surface area (Å²) >= 11 is 3.26. The van der Waals surface area contributed by atoms with Crippen molar-refractivity contribution in [1.29, 1.82) is 0 Å². The van der Waals surface area contributed by atoms with Crippen LogP contribution < -0.4 is 0 Å². The molecule has 0 spiro atoms. The second kappa shape index (κ2) is 6.76. The normalized spacial score (nSPS) is 10.5. The second-order valence-corrected chi connectivity index (χ2v) is 4.89. The number of hydrogen-bond acceptors (Lipinski definition) is 5. The molecule has 0 atom stereocenters. The van der Waals surface area contributed by atoms with Crippen molar-refractivity contribution >= 4 is 33.8 Å². The molecule has 0 aliphatic rings. The molecule has 7 heteroatoms. The van der Waals surface area contributed by atoms with Gasteiger partial charge in [-0.2, -0.15) is 0 Å². The number of benzene rings is 2. The molecule has 2 rings (SSSR count). The van der Waals surface area contributed by atoms with E-state index in [1.807, 2.05) is 0 Å². The van der Waals surface area contributed by atoms with Gasteiger partial charge in [0.15, 0.2) is 0 Å². The first kappa shape index (κ1) is 14.9. The summed E-state index contributed by atoms with van der Waals surface area (Å²) in [6, 6.07) is 12.4. The standard InChI is InChI=1S/C14H9BrN2O4/c15-12-6-4-11(5-7-12)14(18)21-16-9-10-2-1-3-13(8-10)17(19)20/h1-9H/b16-9+. The maximum Gasteiger partial charge on any atom is 0.365 e. The number of nitrogens with zero attached hydrogens (tertiary/aromatic N) is 2. The van der Waals surface area contributed by atoms with Gasteiger partial charge in [-0.3, -0.25) is 10.1 Å². The Morgan fingerprint density at radius 3 is 2.62 bits per heavy atom. The van der Waals surface area contributed by atoms with Gasteiger partial charge in [0.25, 0.3) is 5.69 Å². The van der Waals surface area contributed by atoms with E-state index < -0.39 is 10.9 Å². The first-order valence-corrected chi connectivity index (χ1v) is 6.60. The van der Waals surface area contributed by atoms with E-state index in [1.54, 1.807) is 30.3 Å². The van der Waals surface area contributed by atoms with Crippen molar-refractivity contribution < 1.29 is 14.6 Å². The van der Waals surface area contributed by atoms with Gasteiger partial charge >= 0.3 is 5.97 Å². The summed E-state index contributed by atoms with van der Waals surface area (Å²) in [5.41, 5.74) is 0.764. The average Bonchev–Trinajstić information content (AvgIpc) is 2.48. The zero-order valence-electron chi connectivity index (χ0n) is 10.6. The van der Waals surface area contributed by atoms with E-state index in [2.05, 4.69) is 21.1 Å². The third-order valence-electron chi connectivity index (χ3n) is 2.50. The van der Waals surface area contributed by atoms with Crippen LogP contribution in [0.4, 0.5) is 5.69 Å². The SMILES string of the molecule is O=C(O/N=C/c1cccc([N+](=O)[O-])c1)c1ccc(Br)cc1. The van der Waals surface area contributed by atoms with Crippen molar-refractivity contribution in [2.24, 2.45) is 5.16 Å². The van der Waals surface area contributed by atoms with Crippen LogP contribution >= 0.6 is 15.9 Å². The monoisotopic (exact) mass is 348 g/mol. The van der Waals surface area contributed by atoms with Gasteiger partial charge in [0.1, 0.15) is 0 Å². The number of oxime groups is 1. The Balaban J connectivity index is 2.02. The molecule has 0 saturated heterocycles. The summed E-state index contributed by atoms with van der Waals surface area (Å²) in [7, 11) is 0. The Hall–Kier alpha value is -2.54. The fraction of sp³-hybridized carbons (Fsp3) is 0. The largest absolute Gasteiger partial charge is 0.365 e. The Morgan fingerprint density at radius 2 is 1.95 bits per heavy atom. The molecule has 0 aliphatic heterocycles. The molecule has 6 nitrogen and oxygen atoms in total. The highest BCUT2D eigenvalue weighted by Gasteiger charge is 2.07. The summed E-state index contributed by atoms with van der Waals surface area (Å²) in [6.45, 7) is 0. The summed E-state index contributed by atoms with van der Waals surface area (Å²) < 4.78 is 0.846. The van der Waals surface area contributed by atoms with E-state index in [0.717, 1.165) is 4.47 Å². The van der Waals surface area contributed by atoms with Crippen LogP contribution in [0.2, 0.25) is 0 Å². The Bertz CT molecular complexity index is 698. The number of non-ortho nitro benzene ring substituents is 1. The van der Waals surface area contributed by atoms with Crippen LogP contribution in [-0.4, -0.2) is 17.1 Å². The van der Waals surface area contributed by atoms with Gasteiger partial charge in [-0.25, -0.2) is 4.79 Å². The fourth-order valence-corrected chi connectivity index (χ4v) is 1.76. The van der Waals surface area contributed by atoms with Crippen molar-refractivity contribution in [3.05, 3.63) is 74.2 Å². The fourth-order valence-electron chi connectivity index (χ4n) is 1.49. The molecular formula is C14H9BrN2O4. The summed E-state index contributed by atoms with van der Waals surface area (Å²) in [4.78, 5) is 26.5. The number of carbonyl (C=O) groups excluding carboxylic acids is 1. The lowest BCUT2D eigenvalue weighted by Gasteiger charge is -1.98. The van der Waals surface area contributed by atoms with Crippen molar-refractivity contribution in [3.8, 4) is 0 Å². The summed E-state index contributed by atoms with van der Waals surface area (Å²) in [5.74, 6) is -0.607. The minimum Gasteiger partial charge on any atom is -0.313 e. The number of halogens is 1. The minimum atomic E-state index is -0.607. The maximum atomic E-state index is 11.7. The quantitative estimate of drug-likeness (QED) is 0.366. The van der Waals surface area contributed by atoms with Crippen LogP contribution in [0.3, 0.4) is 0 Å². The van der Waals surface area contributed by atoms with Crippen LogP contribution in [0.5, 0.6) is 0 Å². The Kier molecular flexibility index (Phi) is 4.78. The van der Waals surface area contributed by atoms with Crippen LogP contribution in [0.1, 0.15) is 15.9 Å². The van der Waals surface area contributed by atoms with Gasteiger partial charge in [-0.15, -0.1) is 0 Å². The number of carbonyl (C=O) groups is 1. The lowest BCUT2D eigenvalue weighted by atomic mass is 10.2. The van der Waals surface area contributed by atoms with Crippen molar-refractivity contribution in [1.82, 2.24) is 0 Å². The Labute approximate surface area is 128 Å². The highest BCUT2D eigenvalue weighted by molar-refractivity contribution is 9.10. The molecule has 0 unspecified atom stereocenters. The van der Waals surface area contributed by atoms with E-state index in [9.17, 15) is 14.9 Å². The van der Waals surface area contributed by atoms with E-state index >= 15 is 0 Å². The van der Waals surface area contributed by atoms with E-state index in [1.165, 1.54) is 24.4 Å². The molecule has 2 aromatic rings. The van der Waals surface area contributed by atoms with Crippen LogP contribution in [-0.2, 0) is 4.84 Å². The van der Waals surface area contributed by atoms with E-state index in [-0.39, 0.29) is 5.69 Å². The molecule has 2 aromatic carbocycles. The van der Waals surface area contributed by atoms with Crippen LogP contribution in [0.25, 0.3) is 0 Å². The lowest BCUT2D eigenvalue weighted by Crippen LogP contribution is -2.00. The third kappa shape index (κ3) is 4.22. The first-order chi connectivity index (χ1) is 10.1. The predicted octanol–water partition coefficient (Wildman–Crippen LogP) is 3.55. The summed E-state index contributed by atoms with van der Waals surface area (Å²) in [6.07, 6.45) is 1.24. The zero-order valence-corrected chi connectivity index (χ0v) is 12.2. The highest BCUT2D eigenvalue weighted by atomic mass is 79.9. The van der Waals surface area contributed by atoms with Crippen molar-refractivity contribution in [2.45, 2.75) is 0 Å². The zero-order chi connectivity index (χ0) is 15.2. The van der Waals surface area contributed by atoms with Gasteiger partial charge in [0.2, 0.25) is 0 Å². The molecule has 0 N–H and O–H groups in total. The van der Waals surface area contributed by atoms with E-state index in [0.29, 0.717) is 11.1 Å². The molecule has 0 bridgehead atoms. The molecule has 21 heavy (non-hydrogen) atoms. The van der Waals surface area contributed by atoms with E-state index in [4.69, 9.17) is 4.84 Å². The van der Waals surface area contributed by atoms with Gasteiger partial charge in [0, 0.05) is 22.2 Å². The summed E-state index contributed by atoms with van der Waals surface area (Å²) in [5, 5.41) is 14.2. The van der Waals surface area contributed by atoms with Crippen molar-refractivity contribution in [3.63, 3.8) is 0 Å². The van der Waals surface area contributed by atoms with Gasteiger partial charge in [-0.05, 0) is 24.3 Å². The number of rotatable bonds is 4. The first-order valence-electron chi connectivity index (χ1n) is 5.81. The molecule has 0 saturated carbocycles. The average molecular weight is 349 g/mol. The topological polar surface area (TPSA) is 81.8 Å². The van der Waals surface area contributed by atoms with Gasteiger partial charge in [0.05, 0.1) is 16.7 Å². The molecular weight excluding hydrogens is 340 g/mol. The molecule has 0 amide bonds. The van der Waals surface area contributed by atoms with Crippen molar-refractivity contribution in [2.75, 3.05) is 0 Å². The van der Waals surface area contributed by atoms with Gasteiger partial charge < -0.3 is 4.84 Å². The van der Waals surface area contributed by atoms with Crippen LogP contribution in [0, 0.1) is 10.1 Å². The number of nitro groups is 1. The third-order valence-corrected chi connectivity index (χ3v) is 3.03. The number of hydrogen-bond donors (Lipinski definition) is 0. The predicted molar refractivity (Wildman–Crippen MR) is 80.2 cm³/mol. The lowest BCUT2D eigenvalue weighted by molar-refractivity contribution is -0.384. The minimum absolute atomic E-state index is 0.0572. The molecule has 0 aliphatic carbocycles. The number of nitro benzene ring substituents is 1. The molecule has 0 aromatic heterocycles. The molecule has 106 valence electrons. The highest BCUT2D eigenvalue weighted by Crippen LogP contribution is 2.13. The van der Waals surface area contributed by atoms with Crippen LogP contribution in [0.15, 0.2) is 58.2 Å². The maximum absolute atomic E-state index is 11.7. The second-order valence-electron chi connectivity index (χ2n) is 3.97. The smallest absolute Gasteiger partial charge is 0.313 e. The molecule has 0 radical (unpaired) electrons. The molecule has 0 heterocycles.